The Labute approximate surface area is 138 Å². The van der Waals surface area contributed by atoms with Crippen LogP contribution in [0.4, 0.5) is 0 Å². The largest absolute Gasteiger partial charge is 0.381 e. The second kappa shape index (κ2) is 7.82. The highest BCUT2D eigenvalue weighted by Crippen LogP contribution is 2.36. The monoisotopic (exact) mass is 329 g/mol. The van der Waals surface area contributed by atoms with Gasteiger partial charge in [0, 0.05) is 29.8 Å². The van der Waals surface area contributed by atoms with Gasteiger partial charge in [0.1, 0.15) is 0 Å². The minimum Gasteiger partial charge on any atom is -0.381 e. The molecule has 1 aromatic carbocycles. The molecule has 0 spiro atoms. The van der Waals surface area contributed by atoms with Gasteiger partial charge >= 0.3 is 0 Å². The maximum atomic E-state index is 6.35. The smallest absolute Gasteiger partial charge is 0.0471 e. The first-order chi connectivity index (χ1) is 10.0. The number of halogens is 2. The highest BCUT2D eigenvalue weighted by atomic mass is 35.5. The van der Waals surface area contributed by atoms with Crippen molar-refractivity contribution in [3.63, 3.8) is 0 Å². The van der Waals surface area contributed by atoms with Crippen LogP contribution in [0.5, 0.6) is 0 Å². The molecule has 1 heterocycles. The first kappa shape index (κ1) is 17.1. The number of hydrogen-bond acceptors (Lipinski definition) is 2. The second-order valence-electron chi connectivity index (χ2n) is 6.55. The van der Waals surface area contributed by atoms with E-state index >= 15 is 0 Å². The molecule has 0 radical (unpaired) electrons. The van der Waals surface area contributed by atoms with Gasteiger partial charge in [-0.2, -0.15) is 0 Å². The molecule has 2 rings (SSSR count). The first-order valence-corrected chi connectivity index (χ1v) is 8.49. The van der Waals surface area contributed by atoms with Crippen LogP contribution in [0.3, 0.4) is 0 Å². The molecule has 0 amide bonds. The van der Waals surface area contributed by atoms with Crippen LogP contribution >= 0.6 is 23.2 Å². The minimum absolute atomic E-state index is 0.224. The number of ether oxygens (including phenoxy) is 1. The molecular formula is C17H25Cl2NO. The van der Waals surface area contributed by atoms with Crippen LogP contribution in [-0.4, -0.2) is 26.3 Å². The lowest BCUT2D eigenvalue weighted by molar-refractivity contribution is 0.0147. The maximum Gasteiger partial charge on any atom is 0.0471 e. The van der Waals surface area contributed by atoms with Crippen LogP contribution in [0, 0.1) is 11.3 Å². The zero-order chi connectivity index (χ0) is 15.3. The van der Waals surface area contributed by atoms with Gasteiger partial charge in [-0.3, -0.25) is 0 Å². The van der Waals surface area contributed by atoms with Crippen molar-refractivity contribution >= 4 is 23.2 Å². The Kier molecular flexibility index (Phi) is 6.36. The van der Waals surface area contributed by atoms with E-state index in [0.717, 1.165) is 61.2 Å². The highest BCUT2D eigenvalue weighted by Gasteiger charge is 2.33. The Balaban J connectivity index is 2.09. The fourth-order valence-corrected chi connectivity index (χ4v) is 3.31. The number of benzene rings is 1. The van der Waals surface area contributed by atoms with E-state index in [2.05, 4.69) is 19.2 Å². The summed E-state index contributed by atoms with van der Waals surface area (Å²) in [6.07, 6.45) is 3.10. The Morgan fingerprint density at radius 2 is 1.95 bits per heavy atom. The predicted octanol–water partition coefficient (Wildman–Crippen LogP) is 4.58. The van der Waals surface area contributed by atoms with Crippen molar-refractivity contribution < 1.29 is 4.74 Å². The molecule has 118 valence electrons. The van der Waals surface area contributed by atoms with E-state index in [9.17, 15) is 0 Å². The third kappa shape index (κ3) is 5.14. The summed E-state index contributed by atoms with van der Waals surface area (Å²) in [5.74, 6) is 0.664. The molecule has 0 unspecified atom stereocenters. The Morgan fingerprint density at radius 3 is 2.62 bits per heavy atom. The average molecular weight is 330 g/mol. The molecule has 1 fully saturated rings. The normalized spacial score (nSPS) is 18.1. The van der Waals surface area contributed by atoms with Gasteiger partial charge in [-0.15, -0.1) is 0 Å². The van der Waals surface area contributed by atoms with Crippen LogP contribution < -0.4 is 5.32 Å². The van der Waals surface area contributed by atoms with E-state index in [1.165, 1.54) is 0 Å². The molecule has 4 heteroatoms. The quantitative estimate of drug-likeness (QED) is 0.824. The zero-order valence-electron chi connectivity index (χ0n) is 12.9. The lowest BCUT2D eigenvalue weighted by Gasteiger charge is -2.38. The van der Waals surface area contributed by atoms with Crippen LogP contribution in [0.1, 0.15) is 32.3 Å². The van der Waals surface area contributed by atoms with Crippen LogP contribution in [0.15, 0.2) is 18.2 Å². The minimum atomic E-state index is 0.224. The molecule has 2 nitrogen and oxygen atoms in total. The summed E-state index contributed by atoms with van der Waals surface area (Å²) in [7, 11) is 0. The van der Waals surface area contributed by atoms with Gasteiger partial charge < -0.3 is 10.1 Å². The summed E-state index contributed by atoms with van der Waals surface area (Å²) < 4.78 is 5.56. The van der Waals surface area contributed by atoms with Crippen LogP contribution in [0.25, 0.3) is 0 Å². The molecule has 21 heavy (non-hydrogen) atoms. The van der Waals surface area contributed by atoms with Crippen molar-refractivity contribution in [1.29, 1.82) is 0 Å². The third-order valence-electron chi connectivity index (χ3n) is 4.18. The molecule has 1 N–H and O–H groups in total. The van der Waals surface area contributed by atoms with Crippen molar-refractivity contribution in [2.75, 3.05) is 26.3 Å². The molecule has 0 aliphatic carbocycles. The van der Waals surface area contributed by atoms with E-state index in [-0.39, 0.29) is 5.41 Å². The van der Waals surface area contributed by atoms with Crippen molar-refractivity contribution in [1.82, 2.24) is 5.32 Å². The summed E-state index contributed by atoms with van der Waals surface area (Å²) in [6.45, 7) is 8.20. The summed E-state index contributed by atoms with van der Waals surface area (Å²) in [4.78, 5) is 0. The summed E-state index contributed by atoms with van der Waals surface area (Å²) in [6, 6.07) is 5.75. The van der Waals surface area contributed by atoms with E-state index in [1.807, 2.05) is 18.2 Å². The van der Waals surface area contributed by atoms with E-state index in [0.29, 0.717) is 5.92 Å². The van der Waals surface area contributed by atoms with Crippen molar-refractivity contribution in [3.05, 3.63) is 33.8 Å². The summed E-state index contributed by atoms with van der Waals surface area (Å²) in [5.41, 5.74) is 1.37. The molecule has 0 bridgehead atoms. The Bertz CT molecular complexity index is 456. The Hall–Kier alpha value is -0.280. The molecular weight excluding hydrogens is 305 g/mol. The van der Waals surface area contributed by atoms with Crippen molar-refractivity contribution in [2.24, 2.45) is 11.3 Å². The summed E-state index contributed by atoms with van der Waals surface area (Å²) in [5, 5.41) is 5.19. The second-order valence-corrected chi connectivity index (χ2v) is 7.39. The lowest BCUT2D eigenvalue weighted by Crippen LogP contribution is -2.41. The van der Waals surface area contributed by atoms with E-state index in [1.54, 1.807) is 0 Å². The predicted molar refractivity (Wildman–Crippen MR) is 90.4 cm³/mol. The number of rotatable bonds is 6. The van der Waals surface area contributed by atoms with Gasteiger partial charge in [-0.1, -0.05) is 37.0 Å². The first-order valence-electron chi connectivity index (χ1n) is 7.73. The topological polar surface area (TPSA) is 21.3 Å². The number of hydrogen-bond donors (Lipinski definition) is 1. The zero-order valence-corrected chi connectivity index (χ0v) is 14.4. The number of nitrogens with one attached hydrogen (secondary N) is 1. The molecule has 1 aliphatic heterocycles. The molecule has 0 atom stereocenters. The molecule has 0 saturated carbocycles. The molecule has 0 aromatic heterocycles. The fourth-order valence-electron chi connectivity index (χ4n) is 2.93. The standard InChI is InChI=1S/C17H25Cl2NO/c1-13(2)11-20-12-17(5-7-21-8-6-17)10-14-9-15(18)3-4-16(14)19/h3-4,9,13,20H,5-8,10-12H2,1-2H3. The third-order valence-corrected chi connectivity index (χ3v) is 4.78. The van der Waals surface area contributed by atoms with Gasteiger partial charge in [0.2, 0.25) is 0 Å². The summed E-state index contributed by atoms with van der Waals surface area (Å²) >= 11 is 12.5. The molecule has 1 aliphatic rings. The van der Waals surface area contributed by atoms with Gasteiger partial charge in [0.15, 0.2) is 0 Å². The SMILES string of the molecule is CC(C)CNCC1(Cc2cc(Cl)ccc2Cl)CCOCC1. The van der Waals surface area contributed by atoms with Gasteiger partial charge in [0.25, 0.3) is 0 Å². The van der Waals surface area contributed by atoms with E-state index in [4.69, 9.17) is 27.9 Å². The van der Waals surface area contributed by atoms with Gasteiger partial charge in [-0.25, -0.2) is 0 Å². The average Bonchev–Trinajstić information content (AvgIpc) is 2.43. The highest BCUT2D eigenvalue weighted by molar-refractivity contribution is 6.33. The molecule has 1 aromatic rings. The Morgan fingerprint density at radius 1 is 1.24 bits per heavy atom. The lowest BCUT2D eigenvalue weighted by atomic mass is 9.75. The van der Waals surface area contributed by atoms with E-state index < -0.39 is 0 Å². The van der Waals surface area contributed by atoms with Crippen LogP contribution in [0.2, 0.25) is 10.0 Å². The maximum absolute atomic E-state index is 6.35. The van der Waals surface area contributed by atoms with Crippen molar-refractivity contribution in [2.45, 2.75) is 33.1 Å². The van der Waals surface area contributed by atoms with Gasteiger partial charge in [-0.05, 0) is 60.9 Å². The fraction of sp³-hybridized carbons (Fsp3) is 0.647. The molecule has 1 saturated heterocycles. The van der Waals surface area contributed by atoms with Crippen molar-refractivity contribution in [3.8, 4) is 0 Å². The van der Waals surface area contributed by atoms with Gasteiger partial charge in [0.05, 0.1) is 0 Å². The van der Waals surface area contributed by atoms with Crippen LogP contribution in [-0.2, 0) is 11.2 Å².